The van der Waals surface area contributed by atoms with E-state index in [-0.39, 0.29) is 24.3 Å². The second-order valence-corrected chi connectivity index (χ2v) is 8.98. The van der Waals surface area contributed by atoms with Crippen molar-refractivity contribution >= 4 is 28.7 Å². The molecule has 3 atom stereocenters. The molecule has 0 spiro atoms. The summed E-state index contributed by atoms with van der Waals surface area (Å²) in [5.41, 5.74) is 2.80. The number of benzene rings is 1. The number of aromatic nitrogens is 2. The molecule has 1 fully saturated rings. The molecule has 33 heavy (non-hydrogen) atoms. The summed E-state index contributed by atoms with van der Waals surface area (Å²) in [4.78, 5) is 39.1. The van der Waals surface area contributed by atoms with E-state index < -0.39 is 12.0 Å². The number of carbonyl (C=O) groups excluding carboxylic acids is 1. The van der Waals surface area contributed by atoms with Gasteiger partial charge in [-0.2, -0.15) is 0 Å². The molecule has 0 radical (unpaired) electrons. The molecule has 8 heteroatoms. The van der Waals surface area contributed by atoms with Crippen molar-refractivity contribution < 1.29 is 14.7 Å². The Morgan fingerprint density at radius 3 is 3.00 bits per heavy atom. The molecule has 3 aliphatic rings. The molecule has 2 aromatic rings. The Morgan fingerprint density at radius 1 is 1.27 bits per heavy atom. The number of para-hydroxylation sites is 2. The number of aromatic amines is 1. The Labute approximate surface area is 192 Å². The molecule has 8 nitrogen and oxygen atoms in total. The number of rotatable bonds is 8. The maximum Gasteiger partial charge on any atom is 0.305 e. The summed E-state index contributed by atoms with van der Waals surface area (Å²) in [5, 5.41) is 12.9. The van der Waals surface area contributed by atoms with E-state index in [0.29, 0.717) is 12.4 Å². The molecular formula is C25H29N5O3. The minimum Gasteiger partial charge on any atom is -0.481 e. The topological polar surface area (TPSA) is 111 Å². The molecule has 1 amide bonds. The number of nitrogens with one attached hydrogen (secondary N) is 2. The average molecular weight is 448 g/mol. The third-order valence-corrected chi connectivity index (χ3v) is 6.74. The fraction of sp³-hybridized carbons (Fsp3) is 0.440. The number of likely N-dealkylation sites (tertiary alicyclic amines) is 1. The number of amidine groups is 1. The summed E-state index contributed by atoms with van der Waals surface area (Å²) in [6, 6.07) is 7.15. The molecule has 3 aliphatic heterocycles. The molecule has 1 saturated heterocycles. The number of carbonyl (C=O) groups is 2. The predicted molar refractivity (Wildman–Crippen MR) is 126 cm³/mol. The van der Waals surface area contributed by atoms with E-state index in [1.165, 1.54) is 5.57 Å². The van der Waals surface area contributed by atoms with Crippen molar-refractivity contribution in [1.82, 2.24) is 20.2 Å². The molecule has 4 heterocycles. The lowest BCUT2D eigenvalue weighted by Gasteiger charge is -2.25. The Hall–Kier alpha value is -3.42. The van der Waals surface area contributed by atoms with Crippen LogP contribution in [-0.4, -0.2) is 56.8 Å². The number of H-pyrrole nitrogens is 1. The zero-order valence-electron chi connectivity index (χ0n) is 18.5. The molecule has 0 aliphatic carbocycles. The monoisotopic (exact) mass is 447 g/mol. The van der Waals surface area contributed by atoms with Crippen LogP contribution in [0, 0.1) is 5.92 Å². The Balaban J connectivity index is 1.22. The predicted octanol–water partition coefficient (Wildman–Crippen LogP) is 3.35. The fourth-order valence-corrected chi connectivity index (χ4v) is 5.03. The van der Waals surface area contributed by atoms with E-state index in [2.05, 4.69) is 33.5 Å². The van der Waals surface area contributed by atoms with Gasteiger partial charge in [-0.05, 0) is 37.8 Å². The Bertz CT molecular complexity index is 1110. The van der Waals surface area contributed by atoms with E-state index in [4.69, 9.17) is 4.99 Å². The maximum atomic E-state index is 13.2. The Kier molecular flexibility index (Phi) is 5.98. The number of carboxylic acid groups (broad SMARTS) is 1. The van der Waals surface area contributed by atoms with E-state index in [1.54, 1.807) is 4.90 Å². The van der Waals surface area contributed by atoms with Crippen molar-refractivity contribution in [2.75, 3.05) is 13.1 Å². The molecule has 1 aromatic carbocycles. The van der Waals surface area contributed by atoms with Gasteiger partial charge in [-0.15, -0.1) is 0 Å². The second kappa shape index (κ2) is 9.21. The number of imidazole rings is 1. The summed E-state index contributed by atoms with van der Waals surface area (Å²) < 4.78 is 0. The summed E-state index contributed by atoms with van der Waals surface area (Å²) in [7, 11) is 0. The van der Waals surface area contributed by atoms with E-state index in [0.717, 1.165) is 55.5 Å². The molecule has 3 unspecified atom stereocenters. The third-order valence-electron chi connectivity index (χ3n) is 6.74. The first-order valence-corrected chi connectivity index (χ1v) is 11.8. The lowest BCUT2D eigenvalue weighted by molar-refractivity contribution is -0.140. The highest BCUT2D eigenvalue weighted by Crippen LogP contribution is 2.33. The van der Waals surface area contributed by atoms with Gasteiger partial charge in [-0.1, -0.05) is 36.8 Å². The van der Waals surface area contributed by atoms with Crippen LogP contribution in [0.25, 0.3) is 11.0 Å². The van der Waals surface area contributed by atoms with Crippen molar-refractivity contribution in [2.24, 2.45) is 10.9 Å². The summed E-state index contributed by atoms with van der Waals surface area (Å²) in [5.74, 6) is 0.545. The first kappa shape index (κ1) is 21.4. The summed E-state index contributed by atoms with van der Waals surface area (Å²) in [6.07, 6.45) is 10.7. The highest BCUT2D eigenvalue weighted by molar-refractivity contribution is 6.02. The van der Waals surface area contributed by atoms with Crippen LogP contribution in [0.4, 0.5) is 0 Å². The first-order valence-electron chi connectivity index (χ1n) is 11.8. The van der Waals surface area contributed by atoms with E-state index >= 15 is 0 Å². The van der Waals surface area contributed by atoms with E-state index in [1.807, 2.05) is 24.3 Å². The zero-order chi connectivity index (χ0) is 22.8. The molecule has 5 rings (SSSR count). The number of carboxylic acids is 1. The number of amides is 1. The number of fused-ring (bicyclic) bond motifs is 2. The Morgan fingerprint density at radius 2 is 2.15 bits per heavy atom. The summed E-state index contributed by atoms with van der Waals surface area (Å²) in [6.45, 7) is 1.49. The van der Waals surface area contributed by atoms with Crippen LogP contribution >= 0.6 is 0 Å². The van der Waals surface area contributed by atoms with Gasteiger partial charge in [-0.25, -0.2) is 4.98 Å². The normalized spacial score (nSPS) is 23.2. The van der Waals surface area contributed by atoms with Gasteiger partial charge in [0.2, 0.25) is 5.91 Å². The van der Waals surface area contributed by atoms with Crippen molar-refractivity contribution in [3.05, 3.63) is 53.9 Å². The maximum absolute atomic E-state index is 13.2. The van der Waals surface area contributed by atoms with Crippen molar-refractivity contribution in [2.45, 2.75) is 50.6 Å². The minimum absolute atomic E-state index is 0.0337. The number of hydrogen-bond acceptors (Lipinski definition) is 5. The van der Waals surface area contributed by atoms with E-state index in [9.17, 15) is 14.7 Å². The average Bonchev–Trinajstić information content (AvgIpc) is 3.41. The van der Waals surface area contributed by atoms with Crippen LogP contribution in [0.1, 0.15) is 50.4 Å². The van der Waals surface area contributed by atoms with Crippen molar-refractivity contribution in [3.63, 3.8) is 0 Å². The van der Waals surface area contributed by atoms with Gasteiger partial charge in [0.05, 0.1) is 23.5 Å². The van der Waals surface area contributed by atoms with Crippen LogP contribution in [0.15, 0.2) is 53.1 Å². The lowest BCUT2D eigenvalue weighted by atomic mass is 9.97. The molecule has 0 saturated carbocycles. The number of aliphatic imine (C=N–C) groups is 1. The standard InChI is InChI=1S/C25H29N5O3/c31-22(32)15-21(24-28-19-8-1-2-9-20(19)29-24)30-14-12-17(25(30)33)5-3-7-18-11-10-16-6-4-13-26-23(16)27-18/h1-2,6,8-11,17-18,21H,3-5,7,12-15H2,(H,26,27)(H,28,29)(H,31,32). The van der Waals surface area contributed by atoms with Crippen molar-refractivity contribution in [3.8, 4) is 0 Å². The van der Waals surface area contributed by atoms with Gasteiger partial charge in [0.15, 0.2) is 0 Å². The van der Waals surface area contributed by atoms with Crippen LogP contribution in [0.2, 0.25) is 0 Å². The number of hydrogen-bond donors (Lipinski definition) is 3. The van der Waals surface area contributed by atoms with Gasteiger partial charge in [-0.3, -0.25) is 14.6 Å². The minimum atomic E-state index is -0.940. The van der Waals surface area contributed by atoms with Crippen LogP contribution in [-0.2, 0) is 9.59 Å². The number of nitrogens with zero attached hydrogens (tertiary/aromatic N) is 3. The van der Waals surface area contributed by atoms with Gasteiger partial charge >= 0.3 is 5.97 Å². The lowest BCUT2D eigenvalue weighted by Crippen LogP contribution is -2.34. The number of aliphatic carboxylic acids is 1. The van der Waals surface area contributed by atoms with Gasteiger partial charge < -0.3 is 20.3 Å². The van der Waals surface area contributed by atoms with Crippen LogP contribution in [0.5, 0.6) is 0 Å². The van der Waals surface area contributed by atoms with Crippen molar-refractivity contribution in [1.29, 1.82) is 0 Å². The molecule has 1 aromatic heterocycles. The zero-order valence-corrected chi connectivity index (χ0v) is 18.5. The quantitative estimate of drug-likeness (QED) is 0.575. The molecule has 0 bridgehead atoms. The SMILES string of the molecule is O=C(O)CC(c1nc2ccccc2[nH]1)N1CCC(CCCC2C=CC3=CCCNC3=N2)C1=O. The number of dihydropyridines is 1. The molecule has 3 N–H and O–H groups in total. The summed E-state index contributed by atoms with van der Waals surface area (Å²) >= 11 is 0. The third kappa shape index (κ3) is 4.55. The largest absolute Gasteiger partial charge is 0.481 e. The highest BCUT2D eigenvalue weighted by Gasteiger charge is 2.38. The molecule has 172 valence electrons. The first-order chi connectivity index (χ1) is 16.1. The van der Waals surface area contributed by atoms with Gasteiger partial charge in [0, 0.05) is 24.6 Å². The second-order valence-electron chi connectivity index (χ2n) is 8.98. The van der Waals surface area contributed by atoms with Crippen LogP contribution in [0.3, 0.4) is 0 Å². The molecular weight excluding hydrogens is 418 g/mol. The fourth-order valence-electron chi connectivity index (χ4n) is 5.03. The van der Waals surface area contributed by atoms with Gasteiger partial charge in [0.1, 0.15) is 17.7 Å². The van der Waals surface area contributed by atoms with Crippen LogP contribution < -0.4 is 5.32 Å². The van der Waals surface area contributed by atoms with Gasteiger partial charge in [0.25, 0.3) is 0 Å². The smallest absolute Gasteiger partial charge is 0.305 e. The highest BCUT2D eigenvalue weighted by atomic mass is 16.4.